The summed E-state index contributed by atoms with van der Waals surface area (Å²) in [6, 6.07) is 12.3. The maximum atomic E-state index is 12.2. The number of ether oxygens (including phenoxy) is 3. The molecule has 138 valence electrons. The van der Waals surface area contributed by atoms with Gasteiger partial charge >= 0.3 is 0 Å². The number of amides is 2. The van der Waals surface area contributed by atoms with Gasteiger partial charge in [-0.15, -0.1) is 0 Å². The van der Waals surface area contributed by atoms with E-state index < -0.39 is 5.91 Å². The second-order valence-electron chi connectivity index (χ2n) is 5.52. The summed E-state index contributed by atoms with van der Waals surface area (Å²) in [7, 11) is 3.15. The number of methoxy groups -OCH3 is 2. The molecule has 7 heteroatoms. The van der Waals surface area contributed by atoms with Gasteiger partial charge < -0.3 is 25.3 Å². The average Bonchev–Trinajstić information content (AvgIpc) is 2.64. The van der Waals surface area contributed by atoms with E-state index in [9.17, 15) is 9.59 Å². The fourth-order valence-corrected chi connectivity index (χ4v) is 2.34. The first-order valence-corrected chi connectivity index (χ1v) is 8.03. The number of carbonyl (C=O) groups is 2. The zero-order valence-electron chi connectivity index (χ0n) is 14.8. The van der Waals surface area contributed by atoms with Gasteiger partial charge in [0.05, 0.1) is 14.2 Å². The monoisotopic (exact) mass is 358 g/mol. The molecule has 3 N–H and O–H groups in total. The molecular formula is C19H22N2O5. The van der Waals surface area contributed by atoms with Crippen LogP contribution in [0.3, 0.4) is 0 Å². The minimum atomic E-state index is -0.561. The molecule has 0 spiro atoms. The standard InChI is InChI=1S/C19H22N2O5/c1-24-16-8-6-13(10-17(16)25-2)7-9-19(23)21-14-4-3-5-15(11-14)26-12-18(20)22/h3-6,8,10-11H,7,9,12H2,1-2H3,(H2,20,22)(H,21,23). The number of carbonyl (C=O) groups excluding carboxylic acids is 2. The van der Waals surface area contributed by atoms with Gasteiger partial charge in [0.1, 0.15) is 5.75 Å². The van der Waals surface area contributed by atoms with E-state index in [0.717, 1.165) is 5.56 Å². The molecule has 7 nitrogen and oxygen atoms in total. The van der Waals surface area contributed by atoms with E-state index in [1.54, 1.807) is 38.5 Å². The normalized spacial score (nSPS) is 10.1. The highest BCUT2D eigenvalue weighted by Gasteiger charge is 2.08. The van der Waals surface area contributed by atoms with Crippen LogP contribution in [0.4, 0.5) is 5.69 Å². The minimum absolute atomic E-state index is 0.133. The van der Waals surface area contributed by atoms with E-state index in [4.69, 9.17) is 19.9 Å². The van der Waals surface area contributed by atoms with Crippen molar-refractivity contribution in [2.24, 2.45) is 5.73 Å². The maximum Gasteiger partial charge on any atom is 0.255 e. The second kappa shape index (κ2) is 9.31. The van der Waals surface area contributed by atoms with E-state index in [1.807, 2.05) is 18.2 Å². The van der Waals surface area contributed by atoms with Crippen LogP contribution >= 0.6 is 0 Å². The molecule has 0 aliphatic heterocycles. The number of aryl methyl sites for hydroxylation is 1. The molecule has 2 aromatic carbocycles. The molecule has 0 aromatic heterocycles. The number of benzene rings is 2. The molecule has 2 aromatic rings. The third-order valence-corrected chi connectivity index (χ3v) is 3.59. The molecule has 0 unspecified atom stereocenters. The van der Waals surface area contributed by atoms with Crippen LogP contribution in [0.5, 0.6) is 17.2 Å². The van der Waals surface area contributed by atoms with Crippen molar-refractivity contribution in [2.45, 2.75) is 12.8 Å². The summed E-state index contributed by atoms with van der Waals surface area (Å²) >= 11 is 0. The Morgan fingerprint density at radius 1 is 1.04 bits per heavy atom. The van der Waals surface area contributed by atoms with Gasteiger partial charge in [0, 0.05) is 18.2 Å². The van der Waals surface area contributed by atoms with Crippen molar-refractivity contribution in [3.63, 3.8) is 0 Å². The van der Waals surface area contributed by atoms with E-state index in [0.29, 0.717) is 35.8 Å². The SMILES string of the molecule is COc1ccc(CCC(=O)Nc2cccc(OCC(N)=O)c2)cc1OC. The number of primary amides is 1. The van der Waals surface area contributed by atoms with Crippen LogP contribution in [0.2, 0.25) is 0 Å². The number of hydrogen-bond donors (Lipinski definition) is 2. The lowest BCUT2D eigenvalue weighted by atomic mass is 10.1. The van der Waals surface area contributed by atoms with Crippen LogP contribution in [0.15, 0.2) is 42.5 Å². The Morgan fingerprint density at radius 2 is 1.81 bits per heavy atom. The van der Waals surface area contributed by atoms with Gasteiger partial charge in [-0.3, -0.25) is 9.59 Å². The Kier molecular flexibility index (Phi) is 6.84. The molecule has 26 heavy (non-hydrogen) atoms. The first kappa shape index (κ1) is 19.1. The number of anilines is 1. The molecule has 0 radical (unpaired) electrons. The summed E-state index contributed by atoms with van der Waals surface area (Å²) in [5.74, 6) is 1.04. The molecule has 0 atom stereocenters. The van der Waals surface area contributed by atoms with Gasteiger partial charge in [-0.25, -0.2) is 0 Å². The van der Waals surface area contributed by atoms with Gasteiger partial charge in [-0.05, 0) is 36.2 Å². The lowest BCUT2D eigenvalue weighted by Crippen LogP contribution is -2.20. The molecule has 0 saturated heterocycles. The van der Waals surface area contributed by atoms with Gasteiger partial charge in [0.2, 0.25) is 5.91 Å². The van der Waals surface area contributed by atoms with Gasteiger partial charge in [-0.1, -0.05) is 12.1 Å². The minimum Gasteiger partial charge on any atom is -0.493 e. The number of rotatable bonds is 9. The van der Waals surface area contributed by atoms with Crippen molar-refractivity contribution in [2.75, 3.05) is 26.1 Å². The summed E-state index contributed by atoms with van der Waals surface area (Å²) in [6.45, 7) is -0.212. The van der Waals surface area contributed by atoms with Crippen molar-refractivity contribution in [1.82, 2.24) is 0 Å². The van der Waals surface area contributed by atoms with Gasteiger partial charge in [0.25, 0.3) is 5.91 Å². The summed E-state index contributed by atoms with van der Waals surface area (Å²) in [4.78, 5) is 22.9. The Balaban J connectivity index is 1.91. The van der Waals surface area contributed by atoms with Crippen molar-refractivity contribution in [3.8, 4) is 17.2 Å². The third kappa shape index (κ3) is 5.70. The van der Waals surface area contributed by atoms with E-state index in [-0.39, 0.29) is 12.5 Å². The molecule has 0 bridgehead atoms. The van der Waals surface area contributed by atoms with Crippen molar-refractivity contribution < 1.29 is 23.8 Å². The van der Waals surface area contributed by atoms with Crippen LogP contribution in [-0.2, 0) is 16.0 Å². The van der Waals surface area contributed by atoms with Crippen LogP contribution in [0.1, 0.15) is 12.0 Å². The van der Waals surface area contributed by atoms with E-state index in [2.05, 4.69) is 5.32 Å². The molecule has 2 amide bonds. The van der Waals surface area contributed by atoms with E-state index >= 15 is 0 Å². The zero-order valence-corrected chi connectivity index (χ0v) is 14.8. The summed E-state index contributed by atoms with van der Waals surface area (Å²) in [5, 5.41) is 2.80. The summed E-state index contributed by atoms with van der Waals surface area (Å²) < 4.78 is 15.7. The fourth-order valence-electron chi connectivity index (χ4n) is 2.34. The Labute approximate surface area is 152 Å². The molecule has 0 saturated carbocycles. The Bertz CT molecular complexity index is 776. The second-order valence-corrected chi connectivity index (χ2v) is 5.52. The molecule has 2 rings (SSSR count). The Morgan fingerprint density at radius 3 is 2.50 bits per heavy atom. The quantitative estimate of drug-likeness (QED) is 0.715. The topological polar surface area (TPSA) is 99.9 Å². The highest BCUT2D eigenvalue weighted by atomic mass is 16.5. The lowest BCUT2D eigenvalue weighted by Gasteiger charge is -2.10. The van der Waals surface area contributed by atoms with Crippen LogP contribution < -0.4 is 25.3 Å². The van der Waals surface area contributed by atoms with Crippen LogP contribution in [-0.4, -0.2) is 32.6 Å². The van der Waals surface area contributed by atoms with Crippen LogP contribution in [0.25, 0.3) is 0 Å². The largest absolute Gasteiger partial charge is 0.493 e. The smallest absolute Gasteiger partial charge is 0.255 e. The molecular weight excluding hydrogens is 336 g/mol. The lowest BCUT2D eigenvalue weighted by molar-refractivity contribution is -0.120. The maximum absolute atomic E-state index is 12.2. The first-order valence-electron chi connectivity index (χ1n) is 8.03. The number of nitrogens with one attached hydrogen (secondary N) is 1. The van der Waals surface area contributed by atoms with Crippen molar-refractivity contribution in [1.29, 1.82) is 0 Å². The van der Waals surface area contributed by atoms with Gasteiger partial charge in [0.15, 0.2) is 18.1 Å². The molecule has 0 aliphatic rings. The average molecular weight is 358 g/mol. The molecule has 0 aliphatic carbocycles. The predicted molar refractivity (Wildman–Crippen MR) is 97.6 cm³/mol. The van der Waals surface area contributed by atoms with Crippen LogP contribution in [0, 0.1) is 0 Å². The van der Waals surface area contributed by atoms with Crippen molar-refractivity contribution in [3.05, 3.63) is 48.0 Å². The summed E-state index contributed by atoms with van der Waals surface area (Å²) in [5.41, 5.74) is 6.60. The first-order chi connectivity index (χ1) is 12.5. The van der Waals surface area contributed by atoms with E-state index in [1.165, 1.54) is 0 Å². The van der Waals surface area contributed by atoms with Crippen molar-refractivity contribution >= 4 is 17.5 Å². The fraction of sp³-hybridized carbons (Fsp3) is 0.263. The third-order valence-electron chi connectivity index (χ3n) is 3.59. The predicted octanol–water partition coefficient (Wildman–Crippen LogP) is 2.14. The zero-order chi connectivity index (χ0) is 18.9. The number of nitrogens with two attached hydrogens (primary N) is 1. The molecule has 0 heterocycles. The highest BCUT2D eigenvalue weighted by Crippen LogP contribution is 2.28. The Hall–Kier alpha value is -3.22. The molecule has 0 fully saturated rings. The summed E-state index contributed by atoms with van der Waals surface area (Å²) in [6.07, 6.45) is 0.867. The van der Waals surface area contributed by atoms with Gasteiger partial charge in [-0.2, -0.15) is 0 Å². The number of hydrogen-bond acceptors (Lipinski definition) is 5. The highest BCUT2D eigenvalue weighted by molar-refractivity contribution is 5.91.